The number of carbonyl (C=O) groups is 2. The Morgan fingerprint density at radius 1 is 1.09 bits per heavy atom. The summed E-state index contributed by atoms with van der Waals surface area (Å²) in [4.78, 5) is 24.0. The second-order valence-corrected chi connectivity index (χ2v) is 8.88. The Labute approximate surface area is 139 Å². The van der Waals surface area contributed by atoms with Crippen LogP contribution in [0.25, 0.3) is 0 Å². The van der Waals surface area contributed by atoms with Gasteiger partial charge in [-0.1, -0.05) is 37.1 Å². The first kappa shape index (κ1) is 15.4. The average molecular weight is 312 g/mol. The fraction of sp³-hybridized carbons (Fsp3) is 0.714. The van der Waals surface area contributed by atoms with Crippen molar-refractivity contribution in [2.24, 2.45) is 28.6 Å². The van der Waals surface area contributed by atoms with Gasteiger partial charge in [0.25, 0.3) is 0 Å². The van der Waals surface area contributed by atoms with E-state index in [1.54, 1.807) is 12.5 Å². The predicted molar refractivity (Wildman–Crippen MR) is 90.9 cm³/mol. The van der Waals surface area contributed by atoms with Crippen molar-refractivity contribution in [1.29, 1.82) is 0 Å². The zero-order chi connectivity index (χ0) is 16.4. The number of rotatable bonds is 1. The van der Waals surface area contributed by atoms with Gasteiger partial charge < -0.3 is 0 Å². The van der Waals surface area contributed by atoms with Crippen LogP contribution in [0.1, 0.15) is 65.7 Å². The zero-order valence-electron chi connectivity index (χ0n) is 14.7. The highest BCUT2D eigenvalue weighted by Gasteiger charge is 2.57. The second kappa shape index (κ2) is 4.91. The summed E-state index contributed by atoms with van der Waals surface area (Å²) in [7, 11) is 0. The molecule has 0 N–H and O–H groups in total. The highest BCUT2D eigenvalue weighted by molar-refractivity contribution is 5.83. The van der Waals surface area contributed by atoms with Gasteiger partial charge in [-0.25, -0.2) is 0 Å². The summed E-state index contributed by atoms with van der Waals surface area (Å²) in [6.45, 7) is 6.54. The third-order valence-corrected chi connectivity index (χ3v) is 7.89. The van der Waals surface area contributed by atoms with Gasteiger partial charge in [-0.15, -0.1) is 0 Å². The Hall–Kier alpha value is -1.18. The maximum absolute atomic E-state index is 12.1. The Morgan fingerprint density at radius 3 is 2.61 bits per heavy atom. The Kier molecular flexibility index (Phi) is 3.28. The third kappa shape index (κ3) is 1.99. The number of fused-ring (bicyclic) bond motifs is 5. The molecule has 0 radical (unpaired) electrons. The molecule has 0 aromatic carbocycles. The molecule has 0 spiro atoms. The van der Waals surface area contributed by atoms with Crippen LogP contribution in [0.15, 0.2) is 23.3 Å². The van der Waals surface area contributed by atoms with Crippen molar-refractivity contribution in [3.05, 3.63) is 23.3 Å². The minimum Gasteiger partial charge on any atom is -0.300 e. The minimum absolute atomic E-state index is 0.167. The summed E-state index contributed by atoms with van der Waals surface area (Å²) in [5, 5.41) is 0. The van der Waals surface area contributed by atoms with Crippen LogP contribution in [0.5, 0.6) is 0 Å². The fourth-order valence-electron chi connectivity index (χ4n) is 6.49. The van der Waals surface area contributed by atoms with E-state index in [1.165, 1.54) is 24.8 Å². The molecule has 0 aromatic heterocycles. The van der Waals surface area contributed by atoms with Crippen LogP contribution in [0.2, 0.25) is 0 Å². The second-order valence-electron chi connectivity index (χ2n) is 8.88. The summed E-state index contributed by atoms with van der Waals surface area (Å²) in [5.41, 5.74) is 3.32. The first-order valence-corrected chi connectivity index (χ1v) is 9.29. The van der Waals surface area contributed by atoms with Gasteiger partial charge in [-0.3, -0.25) is 9.59 Å². The maximum Gasteiger partial charge on any atom is 0.136 e. The summed E-state index contributed by atoms with van der Waals surface area (Å²) in [5.74, 6) is 2.21. The monoisotopic (exact) mass is 312 g/mol. The lowest BCUT2D eigenvalue weighted by atomic mass is 9.50. The van der Waals surface area contributed by atoms with Crippen LogP contribution >= 0.6 is 0 Å². The Morgan fingerprint density at radius 2 is 1.87 bits per heavy atom. The van der Waals surface area contributed by atoms with Gasteiger partial charge >= 0.3 is 0 Å². The topological polar surface area (TPSA) is 34.1 Å². The standard InChI is InChI=1S/C21H28O2/c1-13(22)17-6-7-18-16-5-4-14-12-15(23)8-10-20(14,2)19(16)9-11-21(17,18)3/h4-5,17-19H,6-12H2,1-3H3/t17-,18+,19+,20+,21-/m1/s1. The molecule has 2 nitrogen and oxygen atoms in total. The van der Waals surface area contributed by atoms with E-state index in [1.807, 2.05) is 0 Å². The molecule has 124 valence electrons. The van der Waals surface area contributed by atoms with Crippen LogP contribution in [0.4, 0.5) is 0 Å². The van der Waals surface area contributed by atoms with Gasteiger partial charge in [0, 0.05) is 18.8 Å². The quantitative estimate of drug-likeness (QED) is 0.706. The molecule has 4 aliphatic rings. The molecule has 0 aromatic rings. The van der Waals surface area contributed by atoms with E-state index in [2.05, 4.69) is 26.0 Å². The molecule has 4 rings (SSSR count). The summed E-state index contributed by atoms with van der Waals surface area (Å²) in [6, 6.07) is 0. The van der Waals surface area contributed by atoms with Gasteiger partial charge in [0.1, 0.15) is 11.6 Å². The largest absolute Gasteiger partial charge is 0.300 e. The molecule has 5 atom stereocenters. The van der Waals surface area contributed by atoms with Crippen molar-refractivity contribution < 1.29 is 9.59 Å². The van der Waals surface area contributed by atoms with E-state index in [-0.39, 0.29) is 16.7 Å². The van der Waals surface area contributed by atoms with Crippen molar-refractivity contribution in [3.63, 3.8) is 0 Å². The van der Waals surface area contributed by atoms with Gasteiger partial charge in [0.15, 0.2) is 0 Å². The fourth-order valence-corrected chi connectivity index (χ4v) is 6.49. The molecule has 23 heavy (non-hydrogen) atoms. The summed E-state index contributed by atoms with van der Waals surface area (Å²) >= 11 is 0. The molecule has 0 aliphatic heterocycles. The number of allylic oxidation sites excluding steroid dienone is 4. The molecule has 0 amide bonds. The Bertz CT molecular complexity index is 640. The van der Waals surface area contributed by atoms with E-state index in [0.29, 0.717) is 29.8 Å². The van der Waals surface area contributed by atoms with Crippen LogP contribution in [-0.2, 0) is 9.59 Å². The van der Waals surface area contributed by atoms with Crippen LogP contribution in [0.3, 0.4) is 0 Å². The molecule has 4 aliphatic carbocycles. The molecule has 0 heterocycles. The van der Waals surface area contributed by atoms with Crippen molar-refractivity contribution in [1.82, 2.24) is 0 Å². The van der Waals surface area contributed by atoms with Gasteiger partial charge in [0.2, 0.25) is 0 Å². The van der Waals surface area contributed by atoms with E-state index in [4.69, 9.17) is 0 Å². The van der Waals surface area contributed by atoms with Crippen LogP contribution in [0, 0.1) is 28.6 Å². The van der Waals surface area contributed by atoms with Crippen molar-refractivity contribution in [2.75, 3.05) is 0 Å². The molecule has 0 bridgehead atoms. The number of carbonyl (C=O) groups excluding carboxylic acids is 2. The molecule has 2 heteroatoms. The minimum atomic E-state index is 0.167. The van der Waals surface area contributed by atoms with E-state index < -0.39 is 0 Å². The zero-order valence-corrected chi connectivity index (χ0v) is 14.7. The van der Waals surface area contributed by atoms with Crippen LogP contribution in [-0.4, -0.2) is 11.6 Å². The number of ketones is 2. The lowest BCUT2D eigenvalue weighted by Crippen LogP contribution is -2.46. The third-order valence-electron chi connectivity index (χ3n) is 7.89. The highest BCUT2D eigenvalue weighted by atomic mass is 16.1. The number of hydrogen-bond acceptors (Lipinski definition) is 2. The first-order chi connectivity index (χ1) is 10.9. The molecule has 3 saturated carbocycles. The predicted octanol–water partition coefficient (Wildman–Crippen LogP) is 4.64. The molecule has 0 unspecified atom stereocenters. The summed E-state index contributed by atoms with van der Waals surface area (Å²) < 4.78 is 0. The van der Waals surface area contributed by atoms with Crippen molar-refractivity contribution in [3.8, 4) is 0 Å². The SMILES string of the molecule is CC(=O)[C@H]1CC[C@H]2C3=CC=C4CC(=O)CC[C@]4(C)[C@H]3CC[C@]12C. The van der Waals surface area contributed by atoms with E-state index >= 15 is 0 Å². The van der Waals surface area contributed by atoms with Crippen molar-refractivity contribution in [2.45, 2.75) is 65.7 Å². The number of Topliss-reactive ketones (excluding diaryl/α,β-unsaturated/α-hetero) is 2. The van der Waals surface area contributed by atoms with E-state index in [0.717, 1.165) is 19.3 Å². The van der Waals surface area contributed by atoms with Crippen molar-refractivity contribution >= 4 is 11.6 Å². The highest BCUT2D eigenvalue weighted by Crippen LogP contribution is 2.64. The smallest absolute Gasteiger partial charge is 0.136 e. The first-order valence-electron chi connectivity index (χ1n) is 9.29. The molecule has 0 saturated heterocycles. The van der Waals surface area contributed by atoms with Gasteiger partial charge in [-0.05, 0) is 61.7 Å². The normalized spacial score (nSPS) is 45.5. The van der Waals surface area contributed by atoms with Gasteiger partial charge in [-0.2, -0.15) is 0 Å². The molecule has 3 fully saturated rings. The molecular weight excluding hydrogens is 284 g/mol. The summed E-state index contributed by atoms with van der Waals surface area (Å²) in [6.07, 6.45) is 11.6. The number of hydrogen-bond donors (Lipinski definition) is 0. The maximum atomic E-state index is 12.1. The lowest BCUT2D eigenvalue weighted by molar-refractivity contribution is -0.125. The van der Waals surface area contributed by atoms with Crippen LogP contribution < -0.4 is 0 Å². The van der Waals surface area contributed by atoms with E-state index in [9.17, 15) is 9.59 Å². The average Bonchev–Trinajstić information content (AvgIpc) is 2.85. The Balaban J connectivity index is 1.73. The molecular formula is C21H28O2. The van der Waals surface area contributed by atoms with Gasteiger partial charge in [0.05, 0.1) is 0 Å². The lowest BCUT2D eigenvalue weighted by Gasteiger charge is -2.53.